The monoisotopic (exact) mass is 393 g/mol. The van der Waals surface area contributed by atoms with E-state index >= 15 is 0 Å². The summed E-state index contributed by atoms with van der Waals surface area (Å²) < 4.78 is 7.47. The topological polar surface area (TPSA) is 51.5 Å². The molecule has 0 aliphatic rings. The molecule has 3 rings (SSSR count). The molecule has 0 saturated carbocycles. The number of hydrogen-bond donors (Lipinski definition) is 1. The zero-order chi connectivity index (χ0) is 21.1. The zero-order valence-electron chi connectivity index (χ0n) is 18.0. The van der Waals surface area contributed by atoms with Crippen LogP contribution in [-0.4, -0.2) is 22.2 Å². The highest BCUT2D eigenvalue weighted by Gasteiger charge is 2.21. The molecule has 154 valence electrons. The maximum Gasteiger partial charge on any atom is 0.306 e. The van der Waals surface area contributed by atoms with Crippen LogP contribution in [0.2, 0.25) is 0 Å². The van der Waals surface area contributed by atoms with Crippen LogP contribution in [0.15, 0.2) is 42.5 Å². The van der Waals surface area contributed by atoms with Gasteiger partial charge in [-0.3, -0.25) is 4.79 Å². The van der Waals surface area contributed by atoms with Crippen molar-refractivity contribution in [3.63, 3.8) is 0 Å². The lowest BCUT2D eigenvalue weighted by atomic mass is 9.95. The Kier molecular flexibility index (Phi) is 6.31. The van der Waals surface area contributed by atoms with Gasteiger partial charge in [0, 0.05) is 23.1 Å². The molecule has 29 heavy (non-hydrogen) atoms. The van der Waals surface area contributed by atoms with Gasteiger partial charge >= 0.3 is 5.97 Å². The van der Waals surface area contributed by atoms with Gasteiger partial charge in [0.1, 0.15) is 5.75 Å². The fraction of sp³-hybridized carbons (Fsp3) is 0.400. The number of aromatic hydroxyl groups is 1. The van der Waals surface area contributed by atoms with E-state index in [1.54, 1.807) is 6.07 Å². The minimum Gasteiger partial charge on any atom is -0.508 e. The molecule has 3 aromatic rings. The van der Waals surface area contributed by atoms with Crippen molar-refractivity contribution in [3.8, 4) is 5.75 Å². The summed E-state index contributed by atoms with van der Waals surface area (Å²) in [5, 5.41) is 11.3. The largest absolute Gasteiger partial charge is 0.508 e. The summed E-state index contributed by atoms with van der Waals surface area (Å²) in [7, 11) is 0. The molecular weight excluding hydrogens is 362 g/mol. The minimum atomic E-state index is -0.156. The van der Waals surface area contributed by atoms with Crippen molar-refractivity contribution in [3.05, 3.63) is 64.8 Å². The quantitative estimate of drug-likeness (QED) is 0.510. The molecule has 4 nitrogen and oxygen atoms in total. The highest BCUT2D eigenvalue weighted by Crippen LogP contribution is 2.35. The van der Waals surface area contributed by atoms with E-state index in [1.807, 2.05) is 19.1 Å². The number of aromatic nitrogens is 1. The number of nitrogens with zero attached hydrogens (tertiary/aromatic N) is 1. The molecule has 1 aromatic heterocycles. The summed E-state index contributed by atoms with van der Waals surface area (Å²) >= 11 is 0. The maximum atomic E-state index is 12.1. The smallest absolute Gasteiger partial charge is 0.306 e. The number of para-hydroxylation sites is 1. The fourth-order valence-electron chi connectivity index (χ4n) is 4.20. The van der Waals surface area contributed by atoms with E-state index in [1.165, 1.54) is 16.6 Å². The third-order valence-electron chi connectivity index (χ3n) is 5.61. The van der Waals surface area contributed by atoms with Crippen LogP contribution >= 0.6 is 0 Å². The van der Waals surface area contributed by atoms with Gasteiger partial charge in [0.15, 0.2) is 0 Å². The van der Waals surface area contributed by atoms with E-state index in [0.29, 0.717) is 18.8 Å². The van der Waals surface area contributed by atoms with Crippen molar-refractivity contribution >= 4 is 16.9 Å². The van der Waals surface area contributed by atoms with Crippen LogP contribution in [0.5, 0.6) is 5.75 Å². The van der Waals surface area contributed by atoms with E-state index in [0.717, 1.165) is 23.2 Å². The summed E-state index contributed by atoms with van der Waals surface area (Å²) in [5.74, 6) is 0.529. The lowest BCUT2D eigenvalue weighted by Crippen LogP contribution is -2.09. The van der Waals surface area contributed by atoms with Gasteiger partial charge in [0.05, 0.1) is 13.0 Å². The van der Waals surface area contributed by atoms with Crippen LogP contribution in [0.3, 0.4) is 0 Å². The van der Waals surface area contributed by atoms with E-state index in [-0.39, 0.29) is 17.8 Å². The summed E-state index contributed by atoms with van der Waals surface area (Å²) in [4.78, 5) is 12.1. The molecule has 0 radical (unpaired) electrons. The Morgan fingerprint density at radius 3 is 2.55 bits per heavy atom. The zero-order valence-corrected chi connectivity index (χ0v) is 18.0. The summed E-state index contributed by atoms with van der Waals surface area (Å²) in [6.07, 6.45) is 0.374. The SMILES string of the molecule is CCOC(=O)CC(C)c1c(C)n(Cc2ccc(O)c(C(C)C)c2)c2ccccc12. The number of esters is 1. The van der Waals surface area contributed by atoms with Crippen molar-refractivity contribution in [1.82, 2.24) is 4.57 Å². The first-order valence-corrected chi connectivity index (χ1v) is 10.4. The van der Waals surface area contributed by atoms with Gasteiger partial charge in [-0.2, -0.15) is 0 Å². The molecule has 0 bridgehead atoms. The Hall–Kier alpha value is -2.75. The predicted octanol–water partition coefficient (Wildman–Crippen LogP) is 5.88. The second kappa shape index (κ2) is 8.73. The molecule has 4 heteroatoms. The van der Waals surface area contributed by atoms with Crippen molar-refractivity contribution in [2.75, 3.05) is 6.61 Å². The van der Waals surface area contributed by atoms with Gasteiger partial charge in [0.2, 0.25) is 0 Å². The van der Waals surface area contributed by atoms with Gasteiger partial charge in [-0.15, -0.1) is 0 Å². The molecule has 0 fully saturated rings. The molecule has 1 atom stereocenters. The van der Waals surface area contributed by atoms with Crippen molar-refractivity contribution in [1.29, 1.82) is 0 Å². The van der Waals surface area contributed by atoms with Gasteiger partial charge in [-0.1, -0.05) is 51.1 Å². The van der Waals surface area contributed by atoms with Crippen LogP contribution in [0.25, 0.3) is 10.9 Å². The Morgan fingerprint density at radius 2 is 1.86 bits per heavy atom. The Labute approximate surface area is 173 Å². The Balaban J connectivity index is 2.02. The van der Waals surface area contributed by atoms with E-state index in [9.17, 15) is 9.90 Å². The Bertz CT molecular complexity index is 1020. The third-order valence-corrected chi connectivity index (χ3v) is 5.61. The third kappa shape index (κ3) is 4.31. The molecule has 0 spiro atoms. The first kappa shape index (κ1) is 21.0. The summed E-state index contributed by atoms with van der Waals surface area (Å²) in [6, 6.07) is 14.2. The van der Waals surface area contributed by atoms with Gasteiger partial charge in [-0.05, 0) is 54.5 Å². The molecule has 1 N–H and O–H groups in total. The van der Waals surface area contributed by atoms with E-state index in [2.05, 4.69) is 56.5 Å². The van der Waals surface area contributed by atoms with Crippen LogP contribution < -0.4 is 0 Å². The standard InChI is InChI=1S/C25H31NO3/c1-6-29-24(28)13-17(4)25-18(5)26(22-10-8-7-9-20(22)25)15-19-11-12-23(27)21(14-19)16(2)3/h7-12,14,16-17,27H,6,13,15H2,1-5H3. The Morgan fingerprint density at radius 1 is 1.14 bits per heavy atom. The number of phenolic OH excluding ortho intramolecular Hbond substituents is 1. The van der Waals surface area contributed by atoms with Gasteiger partial charge in [0.25, 0.3) is 0 Å². The van der Waals surface area contributed by atoms with Crippen LogP contribution in [-0.2, 0) is 16.1 Å². The number of fused-ring (bicyclic) bond motifs is 1. The number of phenols is 1. The van der Waals surface area contributed by atoms with Crippen molar-refractivity contribution in [2.24, 2.45) is 0 Å². The summed E-state index contributed by atoms with van der Waals surface area (Å²) in [5.41, 5.74) is 5.65. The molecule has 2 aromatic carbocycles. The average molecular weight is 394 g/mol. The first-order valence-electron chi connectivity index (χ1n) is 10.4. The van der Waals surface area contributed by atoms with Gasteiger partial charge in [-0.25, -0.2) is 0 Å². The highest BCUT2D eigenvalue weighted by atomic mass is 16.5. The maximum absolute atomic E-state index is 12.1. The normalized spacial score (nSPS) is 12.5. The molecule has 1 unspecified atom stereocenters. The van der Waals surface area contributed by atoms with Gasteiger partial charge < -0.3 is 14.4 Å². The number of rotatable bonds is 7. The average Bonchev–Trinajstić information content (AvgIpc) is 2.95. The van der Waals surface area contributed by atoms with E-state index < -0.39 is 0 Å². The number of carbonyl (C=O) groups excluding carboxylic acids is 1. The number of benzene rings is 2. The number of carbonyl (C=O) groups is 1. The lowest BCUT2D eigenvalue weighted by Gasteiger charge is -2.15. The second-order valence-electron chi connectivity index (χ2n) is 8.06. The van der Waals surface area contributed by atoms with Crippen molar-refractivity contribution < 1.29 is 14.6 Å². The van der Waals surface area contributed by atoms with Crippen LogP contribution in [0.1, 0.15) is 68.3 Å². The molecule has 0 amide bonds. The molecule has 0 aliphatic carbocycles. The number of hydrogen-bond acceptors (Lipinski definition) is 3. The van der Waals surface area contributed by atoms with E-state index in [4.69, 9.17) is 4.74 Å². The number of ether oxygens (including phenoxy) is 1. The summed E-state index contributed by atoms with van der Waals surface area (Å²) in [6.45, 7) is 11.4. The minimum absolute atomic E-state index is 0.0752. The first-order chi connectivity index (χ1) is 13.8. The molecular formula is C25H31NO3. The molecule has 1 heterocycles. The van der Waals surface area contributed by atoms with Crippen molar-refractivity contribution in [2.45, 2.75) is 59.4 Å². The fourth-order valence-corrected chi connectivity index (χ4v) is 4.20. The molecule has 0 saturated heterocycles. The predicted molar refractivity (Wildman–Crippen MR) is 118 cm³/mol. The lowest BCUT2D eigenvalue weighted by molar-refractivity contribution is -0.143. The van der Waals surface area contributed by atoms with Crippen LogP contribution in [0.4, 0.5) is 0 Å². The van der Waals surface area contributed by atoms with Crippen LogP contribution in [0, 0.1) is 6.92 Å². The highest BCUT2D eigenvalue weighted by molar-refractivity contribution is 5.87. The molecule has 0 aliphatic heterocycles. The second-order valence-corrected chi connectivity index (χ2v) is 8.06.